The van der Waals surface area contributed by atoms with Crippen LogP contribution in [0, 0.1) is 11.8 Å². The van der Waals surface area contributed by atoms with E-state index < -0.39 is 24.0 Å². The first-order valence-corrected chi connectivity index (χ1v) is 10.7. The van der Waals surface area contributed by atoms with Gasteiger partial charge in [-0.2, -0.15) is 0 Å². The standard InChI is InChI=1S/C25H24N2O6/c28-23(27-12-13-32-15-17(27)14-24(29)30)10-5-11-26-25(31)33-16-22-20-8-3-1-6-18(20)19-7-2-4-9-21(19)22/h1-4,6-9,17,22H,11-16H2,(H,26,31)(H,29,30). The molecule has 1 heterocycles. The molecule has 1 fully saturated rings. The van der Waals surface area contributed by atoms with Crippen molar-refractivity contribution in [2.24, 2.45) is 0 Å². The summed E-state index contributed by atoms with van der Waals surface area (Å²) in [4.78, 5) is 36.9. The van der Waals surface area contributed by atoms with E-state index in [0.29, 0.717) is 6.61 Å². The van der Waals surface area contributed by atoms with Crippen molar-refractivity contribution >= 4 is 18.0 Å². The van der Waals surface area contributed by atoms with Crippen LogP contribution in [0.15, 0.2) is 48.5 Å². The molecule has 1 atom stereocenters. The second kappa shape index (κ2) is 10.2. The molecule has 33 heavy (non-hydrogen) atoms. The van der Waals surface area contributed by atoms with Crippen LogP contribution >= 0.6 is 0 Å². The molecule has 0 radical (unpaired) electrons. The van der Waals surface area contributed by atoms with E-state index in [0.717, 1.165) is 22.3 Å². The van der Waals surface area contributed by atoms with Crippen molar-refractivity contribution in [2.75, 3.05) is 32.9 Å². The third-order valence-corrected chi connectivity index (χ3v) is 5.76. The lowest BCUT2D eigenvalue weighted by Crippen LogP contribution is -2.49. The highest BCUT2D eigenvalue weighted by Crippen LogP contribution is 2.44. The maximum absolute atomic E-state index is 12.3. The van der Waals surface area contributed by atoms with Gasteiger partial charge in [-0.15, -0.1) is 0 Å². The van der Waals surface area contributed by atoms with Gasteiger partial charge >= 0.3 is 12.1 Å². The number of hydrogen-bond donors (Lipinski definition) is 2. The van der Waals surface area contributed by atoms with Gasteiger partial charge in [0.15, 0.2) is 0 Å². The Bertz CT molecular complexity index is 1070. The van der Waals surface area contributed by atoms with E-state index in [1.165, 1.54) is 4.90 Å². The first-order valence-electron chi connectivity index (χ1n) is 10.7. The van der Waals surface area contributed by atoms with Gasteiger partial charge < -0.3 is 24.8 Å². The van der Waals surface area contributed by atoms with Crippen LogP contribution in [0.2, 0.25) is 0 Å². The Hall–Kier alpha value is -3.83. The number of fused-ring (bicyclic) bond motifs is 3. The molecule has 8 heteroatoms. The van der Waals surface area contributed by atoms with Crippen molar-refractivity contribution in [3.8, 4) is 23.0 Å². The van der Waals surface area contributed by atoms with E-state index in [1.54, 1.807) is 0 Å². The summed E-state index contributed by atoms with van der Waals surface area (Å²) < 4.78 is 10.7. The Morgan fingerprint density at radius 1 is 1.09 bits per heavy atom. The number of carboxylic acid groups (broad SMARTS) is 1. The van der Waals surface area contributed by atoms with Gasteiger partial charge in [-0.3, -0.25) is 9.59 Å². The fraction of sp³-hybridized carbons (Fsp3) is 0.320. The summed E-state index contributed by atoms with van der Waals surface area (Å²) >= 11 is 0. The number of benzene rings is 2. The quantitative estimate of drug-likeness (QED) is 0.680. The third kappa shape index (κ3) is 5.16. The number of carbonyl (C=O) groups is 3. The highest BCUT2D eigenvalue weighted by atomic mass is 16.5. The van der Waals surface area contributed by atoms with Crippen LogP contribution in [0.25, 0.3) is 11.1 Å². The van der Waals surface area contributed by atoms with E-state index in [1.807, 2.05) is 36.4 Å². The van der Waals surface area contributed by atoms with Crippen molar-refractivity contribution < 1.29 is 29.0 Å². The Balaban J connectivity index is 1.28. The highest BCUT2D eigenvalue weighted by molar-refractivity contribution is 5.94. The molecule has 2 aliphatic rings. The fourth-order valence-electron chi connectivity index (χ4n) is 4.25. The third-order valence-electron chi connectivity index (χ3n) is 5.76. The molecule has 2 amide bonds. The number of ether oxygens (including phenoxy) is 2. The topological polar surface area (TPSA) is 105 Å². The van der Waals surface area contributed by atoms with E-state index >= 15 is 0 Å². The first-order chi connectivity index (χ1) is 16.0. The van der Waals surface area contributed by atoms with Crippen molar-refractivity contribution in [3.05, 3.63) is 59.7 Å². The molecular weight excluding hydrogens is 424 g/mol. The van der Waals surface area contributed by atoms with E-state index in [2.05, 4.69) is 29.3 Å². The fourth-order valence-corrected chi connectivity index (χ4v) is 4.25. The maximum Gasteiger partial charge on any atom is 0.407 e. The number of nitrogens with zero attached hydrogens (tertiary/aromatic N) is 1. The van der Waals surface area contributed by atoms with E-state index in [9.17, 15) is 14.4 Å². The van der Waals surface area contributed by atoms with E-state index in [4.69, 9.17) is 14.6 Å². The van der Waals surface area contributed by atoms with Gasteiger partial charge in [-0.25, -0.2) is 4.79 Å². The van der Waals surface area contributed by atoms with Gasteiger partial charge in [-0.1, -0.05) is 54.5 Å². The van der Waals surface area contributed by atoms with Gasteiger partial charge in [-0.05, 0) is 28.2 Å². The average molecular weight is 448 g/mol. The number of aliphatic carboxylic acids is 1. The second-order valence-electron chi connectivity index (χ2n) is 7.81. The summed E-state index contributed by atoms with van der Waals surface area (Å²) in [5.74, 6) is 3.53. The average Bonchev–Trinajstić information content (AvgIpc) is 3.14. The molecule has 170 valence electrons. The second-order valence-corrected chi connectivity index (χ2v) is 7.81. The summed E-state index contributed by atoms with van der Waals surface area (Å²) in [6.07, 6.45) is -0.820. The summed E-state index contributed by atoms with van der Waals surface area (Å²) in [5.41, 5.74) is 4.54. The van der Waals surface area contributed by atoms with Gasteiger partial charge in [0.25, 0.3) is 5.91 Å². The molecule has 2 aromatic carbocycles. The van der Waals surface area contributed by atoms with Crippen LogP contribution in [0.4, 0.5) is 4.79 Å². The minimum Gasteiger partial charge on any atom is -0.481 e. The lowest BCUT2D eigenvalue weighted by atomic mass is 9.98. The number of rotatable bonds is 5. The molecule has 1 unspecified atom stereocenters. The number of carbonyl (C=O) groups excluding carboxylic acids is 2. The van der Waals surface area contributed by atoms with Gasteiger partial charge in [0.1, 0.15) is 6.61 Å². The Morgan fingerprint density at radius 2 is 1.76 bits per heavy atom. The predicted molar refractivity (Wildman–Crippen MR) is 119 cm³/mol. The van der Waals surface area contributed by atoms with Crippen LogP contribution in [0.5, 0.6) is 0 Å². The Kier molecular flexibility index (Phi) is 6.91. The first kappa shape index (κ1) is 22.4. The lowest BCUT2D eigenvalue weighted by Gasteiger charge is -2.33. The summed E-state index contributed by atoms with van der Waals surface area (Å²) in [6, 6.07) is 15.6. The number of amides is 2. The van der Waals surface area contributed by atoms with Crippen molar-refractivity contribution in [2.45, 2.75) is 18.4 Å². The maximum atomic E-state index is 12.3. The summed E-state index contributed by atoms with van der Waals surface area (Å²) in [7, 11) is 0. The lowest BCUT2D eigenvalue weighted by molar-refractivity contribution is -0.143. The molecule has 2 N–H and O–H groups in total. The van der Waals surface area contributed by atoms with Crippen LogP contribution < -0.4 is 5.32 Å². The highest BCUT2D eigenvalue weighted by Gasteiger charge is 2.29. The molecule has 0 saturated carbocycles. The zero-order valence-corrected chi connectivity index (χ0v) is 18.0. The summed E-state index contributed by atoms with van der Waals surface area (Å²) in [5, 5.41) is 11.5. The number of carboxylic acids is 1. The molecular formula is C25H24N2O6. The van der Waals surface area contributed by atoms with Gasteiger partial charge in [0, 0.05) is 12.5 Å². The smallest absolute Gasteiger partial charge is 0.407 e. The SMILES string of the molecule is O=C(O)CC1COCCN1C(=O)C#CCNC(=O)OCC1c2ccccc2-c2ccccc21. The zero-order valence-electron chi connectivity index (χ0n) is 18.0. The molecule has 1 aliphatic heterocycles. The molecule has 0 aromatic heterocycles. The van der Waals surface area contributed by atoms with Crippen LogP contribution in [-0.4, -0.2) is 66.9 Å². The normalized spacial score (nSPS) is 16.7. The van der Waals surface area contributed by atoms with Crippen LogP contribution in [0.1, 0.15) is 23.5 Å². The Morgan fingerprint density at radius 3 is 2.42 bits per heavy atom. The van der Waals surface area contributed by atoms with Crippen LogP contribution in [0.3, 0.4) is 0 Å². The van der Waals surface area contributed by atoms with Crippen molar-refractivity contribution in [1.82, 2.24) is 10.2 Å². The van der Waals surface area contributed by atoms with Crippen LogP contribution in [-0.2, 0) is 19.1 Å². The number of morpholine rings is 1. The molecule has 8 nitrogen and oxygen atoms in total. The zero-order chi connectivity index (χ0) is 23.2. The number of nitrogens with one attached hydrogen (secondary N) is 1. The van der Waals surface area contributed by atoms with Crippen molar-refractivity contribution in [3.63, 3.8) is 0 Å². The molecule has 0 spiro atoms. The van der Waals surface area contributed by atoms with Gasteiger partial charge in [0.05, 0.1) is 32.2 Å². The number of alkyl carbamates (subject to hydrolysis) is 1. The number of hydrogen-bond acceptors (Lipinski definition) is 5. The molecule has 0 bridgehead atoms. The Labute approximate surface area is 191 Å². The molecule has 2 aromatic rings. The molecule has 4 rings (SSSR count). The molecule has 1 aliphatic carbocycles. The predicted octanol–water partition coefficient (Wildman–Crippen LogP) is 2.23. The van der Waals surface area contributed by atoms with Gasteiger partial charge in [0.2, 0.25) is 0 Å². The molecule has 1 saturated heterocycles. The van der Waals surface area contributed by atoms with Crippen molar-refractivity contribution in [1.29, 1.82) is 0 Å². The monoisotopic (exact) mass is 448 g/mol. The largest absolute Gasteiger partial charge is 0.481 e. The minimum atomic E-state index is -1.01. The summed E-state index contributed by atoms with van der Waals surface area (Å²) in [6.45, 7) is 0.914. The van der Waals surface area contributed by atoms with E-state index in [-0.39, 0.29) is 38.6 Å². The minimum absolute atomic E-state index is 0.0386.